The summed E-state index contributed by atoms with van der Waals surface area (Å²) in [6, 6.07) is 10.3. The molecule has 2 aromatic heterocycles. The third kappa shape index (κ3) is 2.42. The fraction of sp³-hybridized carbons (Fsp3) is 0.133. The summed E-state index contributed by atoms with van der Waals surface area (Å²) >= 11 is 0. The second-order valence-electron chi connectivity index (χ2n) is 4.37. The molecule has 0 saturated heterocycles. The summed E-state index contributed by atoms with van der Waals surface area (Å²) in [5, 5.41) is 0. The average Bonchev–Trinajstić information content (AvgIpc) is 2.79. The first-order valence-corrected chi connectivity index (χ1v) is 6.01. The zero-order valence-electron chi connectivity index (χ0n) is 10.5. The number of aromatic nitrogens is 2. The first-order valence-electron chi connectivity index (χ1n) is 6.01. The van der Waals surface area contributed by atoms with E-state index in [9.17, 15) is 4.39 Å². The Hall–Kier alpha value is -2.36. The molecule has 3 aromatic rings. The molecular weight excluding hydrogens is 243 g/mol. The van der Waals surface area contributed by atoms with Crippen molar-refractivity contribution in [1.29, 1.82) is 0 Å². The highest BCUT2D eigenvalue weighted by Crippen LogP contribution is 2.15. The van der Waals surface area contributed by atoms with Gasteiger partial charge in [0, 0.05) is 12.6 Å². The van der Waals surface area contributed by atoms with Crippen LogP contribution in [0.2, 0.25) is 0 Å². The normalized spacial score (nSPS) is 10.8. The second kappa shape index (κ2) is 4.72. The Balaban J connectivity index is 1.93. The molecule has 96 valence electrons. The number of benzene rings is 1. The van der Waals surface area contributed by atoms with Gasteiger partial charge in [0.1, 0.15) is 17.2 Å². The minimum absolute atomic E-state index is 0.220. The van der Waals surface area contributed by atoms with Gasteiger partial charge in [-0.15, -0.1) is 0 Å². The number of methoxy groups -OCH3 is 1. The number of halogens is 1. The first kappa shape index (κ1) is 11.7. The molecule has 0 N–H and O–H groups in total. The number of pyridine rings is 1. The topological polar surface area (TPSA) is 26.5 Å². The molecule has 0 fully saturated rings. The molecule has 19 heavy (non-hydrogen) atoms. The third-order valence-corrected chi connectivity index (χ3v) is 2.98. The number of imidazole rings is 1. The lowest BCUT2D eigenvalue weighted by Gasteiger charge is -1.98. The van der Waals surface area contributed by atoms with Gasteiger partial charge in [0.15, 0.2) is 0 Å². The highest BCUT2D eigenvalue weighted by atomic mass is 19.1. The number of nitrogens with zero attached hydrogens (tertiary/aromatic N) is 2. The van der Waals surface area contributed by atoms with Gasteiger partial charge in [0.25, 0.3) is 0 Å². The van der Waals surface area contributed by atoms with Gasteiger partial charge in [-0.1, -0.05) is 12.1 Å². The Kier molecular flexibility index (Phi) is 2.91. The van der Waals surface area contributed by atoms with Gasteiger partial charge >= 0.3 is 0 Å². The van der Waals surface area contributed by atoms with Crippen LogP contribution in [0.4, 0.5) is 4.39 Å². The molecule has 3 rings (SSSR count). The number of ether oxygens (including phenoxy) is 1. The molecule has 2 heterocycles. The molecule has 0 aliphatic rings. The SMILES string of the molecule is COc1ccc2nc(Cc3cccc(F)c3)cn2c1. The van der Waals surface area contributed by atoms with Gasteiger partial charge in [0.2, 0.25) is 0 Å². The van der Waals surface area contributed by atoms with Crippen molar-refractivity contribution < 1.29 is 9.13 Å². The highest BCUT2D eigenvalue weighted by Gasteiger charge is 2.04. The summed E-state index contributed by atoms with van der Waals surface area (Å²) in [5.74, 6) is 0.560. The molecular formula is C15H13FN2O. The van der Waals surface area contributed by atoms with Crippen molar-refractivity contribution in [2.75, 3.05) is 7.11 Å². The third-order valence-electron chi connectivity index (χ3n) is 2.98. The molecule has 0 unspecified atom stereocenters. The van der Waals surface area contributed by atoms with Crippen molar-refractivity contribution in [1.82, 2.24) is 9.38 Å². The monoisotopic (exact) mass is 256 g/mol. The average molecular weight is 256 g/mol. The van der Waals surface area contributed by atoms with E-state index in [0.29, 0.717) is 6.42 Å². The molecule has 0 amide bonds. The Labute approximate surface area is 110 Å². The fourth-order valence-electron chi connectivity index (χ4n) is 2.09. The summed E-state index contributed by atoms with van der Waals surface area (Å²) in [5.41, 5.74) is 2.67. The summed E-state index contributed by atoms with van der Waals surface area (Å²) < 4.78 is 20.2. The molecule has 0 aliphatic heterocycles. The van der Waals surface area contributed by atoms with E-state index < -0.39 is 0 Å². The van der Waals surface area contributed by atoms with Gasteiger partial charge in [-0.05, 0) is 29.8 Å². The van der Waals surface area contributed by atoms with E-state index >= 15 is 0 Å². The van der Waals surface area contributed by atoms with Gasteiger partial charge in [-0.2, -0.15) is 0 Å². The lowest BCUT2D eigenvalue weighted by atomic mass is 10.1. The smallest absolute Gasteiger partial charge is 0.137 e. The van der Waals surface area contributed by atoms with Crippen LogP contribution in [-0.2, 0) is 6.42 Å². The summed E-state index contributed by atoms with van der Waals surface area (Å²) in [4.78, 5) is 4.50. The van der Waals surface area contributed by atoms with Crippen molar-refractivity contribution >= 4 is 5.65 Å². The van der Waals surface area contributed by atoms with Crippen molar-refractivity contribution in [3.8, 4) is 5.75 Å². The van der Waals surface area contributed by atoms with E-state index in [1.807, 2.05) is 35.0 Å². The van der Waals surface area contributed by atoms with Crippen molar-refractivity contribution in [3.63, 3.8) is 0 Å². The first-order chi connectivity index (χ1) is 9.24. The fourth-order valence-corrected chi connectivity index (χ4v) is 2.09. The van der Waals surface area contributed by atoms with Crippen LogP contribution in [0, 0.1) is 5.82 Å². The Bertz CT molecular complexity index is 721. The maximum absolute atomic E-state index is 13.1. The number of rotatable bonds is 3. The van der Waals surface area contributed by atoms with Gasteiger partial charge in [0.05, 0.1) is 19.0 Å². The van der Waals surface area contributed by atoms with E-state index in [4.69, 9.17) is 4.74 Å². The van der Waals surface area contributed by atoms with Crippen LogP contribution in [0.5, 0.6) is 5.75 Å². The van der Waals surface area contributed by atoms with E-state index in [2.05, 4.69) is 4.98 Å². The molecule has 0 radical (unpaired) electrons. The minimum atomic E-state index is -0.220. The highest BCUT2D eigenvalue weighted by molar-refractivity contribution is 5.43. The summed E-state index contributed by atoms with van der Waals surface area (Å²) in [7, 11) is 1.63. The van der Waals surface area contributed by atoms with E-state index in [1.165, 1.54) is 12.1 Å². The molecule has 3 nitrogen and oxygen atoms in total. The Morgan fingerprint density at radius 3 is 2.89 bits per heavy atom. The van der Waals surface area contributed by atoms with Crippen molar-refractivity contribution in [2.45, 2.75) is 6.42 Å². The zero-order chi connectivity index (χ0) is 13.2. The lowest BCUT2D eigenvalue weighted by Crippen LogP contribution is -1.88. The van der Waals surface area contributed by atoms with Crippen molar-refractivity contribution in [3.05, 3.63) is 65.9 Å². The van der Waals surface area contributed by atoms with E-state index in [1.54, 1.807) is 13.2 Å². The number of hydrogen-bond acceptors (Lipinski definition) is 2. The predicted octanol–water partition coefficient (Wildman–Crippen LogP) is 3.07. The van der Waals surface area contributed by atoms with Crippen LogP contribution >= 0.6 is 0 Å². The van der Waals surface area contributed by atoms with Gasteiger partial charge < -0.3 is 9.14 Å². The van der Waals surface area contributed by atoms with Crippen LogP contribution in [0.1, 0.15) is 11.3 Å². The molecule has 0 spiro atoms. The molecule has 0 saturated carbocycles. The van der Waals surface area contributed by atoms with Crippen molar-refractivity contribution in [2.24, 2.45) is 0 Å². The molecule has 1 aromatic carbocycles. The largest absolute Gasteiger partial charge is 0.495 e. The number of fused-ring (bicyclic) bond motifs is 1. The summed E-state index contributed by atoms with van der Waals surface area (Å²) in [6.45, 7) is 0. The van der Waals surface area contributed by atoms with Crippen LogP contribution in [0.3, 0.4) is 0 Å². The maximum atomic E-state index is 13.1. The lowest BCUT2D eigenvalue weighted by molar-refractivity contribution is 0.412. The van der Waals surface area contributed by atoms with E-state index in [0.717, 1.165) is 22.7 Å². The molecule has 0 aliphatic carbocycles. The Morgan fingerprint density at radius 1 is 1.21 bits per heavy atom. The zero-order valence-corrected chi connectivity index (χ0v) is 10.5. The van der Waals surface area contributed by atoms with E-state index in [-0.39, 0.29) is 5.82 Å². The van der Waals surface area contributed by atoms with Crippen LogP contribution in [0.15, 0.2) is 48.8 Å². The predicted molar refractivity (Wildman–Crippen MR) is 71.0 cm³/mol. The number of hydrogen-bond donors (Lipinski definition) is 0. The molecule has 0 bridgehead atoms. The van der Waals surface area contributed by atoms with Gasteiger partial charge in [-0.25, -0.2) is 9.37 Å². The second-order valence-corrected chi connectivity index (χ2v) is 4.37. The standard InChI is InChI=1S/C15H13FN2O/c1-19-14-5-6-15-17-13(9-18(15)10-14)8-11-3-2-4-12(16)7-11/h2-7,9-10H,8H2,1H3. The van der Waals surface area contributed by atoms with Crippen LogP contribution in [0.25, 0.3) is 5.65 Å². The molecule has 4 heteroatoms. The molecule has 0 atom stereocenters. The maximum Gasteiger partial charge on any atom is 0.137 e. The van der Waals surface area contributed by atoms with Crippen LogP contribution in [-0.4, -0.2) is 16.5 Å². The minimum Gasteiger partial charge on any atom is -0.495 e. The van der Waals surface area contributed by atoms with Crippen LogP contribution < -0.4 is 4.74 Å². The summed E-state index contributed by atoms with van der Waals surface area (Å²) in [6.07, 6.45) is 4.42. The van der Waals surface area contributed by atoms with Gasteiger partial charge in [-0.3, -0.25) is 0 Å². The quantitative estimate of drug-likeness (QED) is 0.720. The Morgan fingerprint density at radius 2 is 2.11 bits per heavy atom.